The van der Waals surface area contributed by atoms with Crippen LogP contribution in [0.25, 0.3) is 0 Å². The summed E-state index contributed by atoms with van der Waals surface area (Å²) in [6.07, 6.45) is -4.60. The third-order valence-corrected chi connectivity index (χ3v) is 4.43. The lowest BCUT2D eigenvalue weighted by molar-refractivity contribution is -0.140. The van der Waals surface area contributed by atoms with Crippen LogP contribution in [0.5, 0.6) is 0 Å². The lowest BCUT2D eigenvalue weighted by atomic mass is 9.96. The number of nitrogens with zero attached hydrogens (tertiary/aromatic N) is 3. The summed E-state index contributed by atoms with van der Waals surface area (Å²) in [6, 6.07) is 3.68. The molecule has 1 saturated heterocycles. The van der Waals surface area contributed by atoms with Crippen LogP contribution in [0.4, 0.5) is 18.3 Å². The monoisotopic (exact) mass is 385 g/mol. The number of carbonyl (C=O) groups is 2. The van der Waals surface area contributed by atoms with Gasteiger partial charge in [0.05, 0.1) is 12.1 Å². The highest BCUT2D eigenvalue weighted by atomic mass is 32.1. The van der Waals surface area contributed by atoms with Gasteiger partial charge >= 0.3 is 6.18 Å². The Bertz CT molecular complexity index is 797. The van der Waals surface area contributed by atoms with Crippen molar-refractivity contribution in [1.29, 1.82) is 0 Å². The second-order valence-electron chi connectivity index (χ2n) is 5.54. The molecule has 138 valence electrons. The SMILES string of the molecule is O=C(CN1CCNC(=O)C1c1ccccc1C(F)(F)F)Nc1nncs1. The summed E-state index contributed by atoms with van der Waals surface area (Å²) >= 11 is 1.12. The number of nitrogens with one attached hydrogen (secondary N) is 2. The minimum absolute atomic E-state index is 0.180. The van der Waals surface area contributed by atoms with E-state index in [1.165, 1.54) is 28.6 Å². The molecule has 0 bridgehead atoms. The molecule has 0 aliphatic carbocycles. The van der Waals surface area contributed by atoms with Crippen LogP contribution in [-0.4, -0.2) is 46.5 Å². The first-order valence-electron chi connectivity index (χ1n) is 7.60. The van der Waals surface area contributed by atoms with Crippen molar-refractivity contribution >= 4 is 28.3 Å². The molecule has 7 nitrogen and oxygen atoms in total. The van der Waals surface area contributed by atoms with Gasteiger partial charge in [0.15, 0.2) is 0 Å². The van der Waals surface area contributed by atoms with E-state index in [1.807, 2.05) is 0 Å². The Balaban J connectivity index is 1.86. The molecule has 26 heavy (non-hydrogen) atoms. The molecule has 0 spiro atoms. The van der Waals surface area contributed by atoms with E-state index in [0.717, 1.165) is 17.4 Å². The molecule has 11 heteroatoms. The van der Waals surface area contributed by atoms with Gasteiger partial charge in [0.25, 0.3) is 0 Å². The first kappa shape index (κ1) is 18.3. The van der Waals surface area contributed by atoms with Crippen molar-refractivity contribution < 1.29 is 22.8 Å². The van der Waals surface area contributed by atoms with Crippen LogP contribution in [0.1, 0.15) is 17.2 Å². The number of hydrogen-bond donors (Lipinski definition) is 2. The molecule has 1 fully saturated rings. The number of alkyl halides is 3. The van der Waals surface area contributed by atoms with E-state index in [2.05, 4.69) is 20.8 Å². The highest BCUT2D eigenvalue weighted by molar-refractivity contribution is 7.13. The molecule has 1 aromatic heterocycles. The Morgan fingerprint density at radius 3 is 2.85 bits per heavy atom. The summed E-state index contributed by atoms with van der Waals surface area (Å²) in [6.45, 7) is 0.242. The predicted octanol–water partition coefficient (Wildman–Crippen LogP) is 1.67. The summed E-state index contributed by atoms with van der Waals surface area (Å²) < 4.78 is 40.0. The number of piperazine rings is 1. The quantitative estimate of drug-likeness (QED) is 0.836. The highest BCUT2D eigenvalue weighted by Gasteiger charge is 2.40. The van der Waals surface area contributed by atoms with Gasteiger partial charge in [0.1, 0.15) is 11.6 Å². The fourth-order valence-electron chi connectivity index (χ4n) is 2.79. The number of aromatic nitrogens is 2. The number of benzene rings is 1. The predicted molar refractivity (Wildman–Crippen MR) is 87.3 cm³/mol. The molecule has 3 rings (SSSR count). The Kier molecular flexibility index (Phi) is 5.18. The molecular weight excluding hydrogens is 371 g/mol. The summed E-state index contributed by atoms with van der Waals surface area (Å²) in [5, 5.41) is 12.6. The largest absolute Gasteiger partial charge is 0.416 e. The minimum Gasteiger partial charge on any atom is -0.353 e. The zero-order valence-electron chi connectivity index (χ0n) is 13.3. The van der Waals surface area contributed by atoms with E-state index in [-0.39, 0.29) is 30.3 Å². The summed E-state index contributed by atoms with van der Waals surface area (Å²) in [7, 11) is 0. The van der Waals surface area contributed by atoms with Gasteiger partial charge in [-0.05, 0) is 11.6 Å². The number of carbonyl (C=O) groups excluding carboxylic acids is 2. The van der Waals surface area contributed by atoms with Gasteiger partial charge < -0.3 is 5.32 Å². The van der Waals surface area contributed by atoms with E-state index in [0.29, 0.717) is 0 Å². The smallest absolute Gasteiger partial charge is 0.353 e. The average Bonchev–Trinajstić information content (AvgIpc) is 3.07. The van der Waals surface area contributed by atoms with Crippen molar-refractivity contribution in [3.8, 4) is 0 Å². The maximum absolute atomic E-state index is 13.3. The van der Waals surface area contributed by atoms with Gasteiger partial charge in [-0.15, -0.1) is 10.2 Å². The minimum atomic E-state index is -4.60. The van der Waals surface area contributed by atoms with Crippen molar-refractivity contribution in [2.24, 2.45) is 0 Å². The van der Waals surface area contributed by atoms with Crippen LogP contribution < -0.4 is 10.6 Å². The van der Waals surface area contributed by atoms with Crippen LogP contribution in [0.2, 0.25) is 0 Å². The highest BCUT2D eigenvalue weighted by Crippen LogP contribution is 2.36. The zero-order chi connectivity index (χ0) is 18.7. The van der Waals surface area contributed by atoms with E-state index in [9.17, 15) is 22.8 Å². The molecule has 1 atom stereocenters. The Labute approximate surface area is 150 Å². The molecular formula is C15H14F3N5O2S. The van der Waals surface area contributed by atoms with Crippen LogP contribution in [0.15, 0.2) is 29.8 Å². The number of anilines is 1. The first-order valence-corrected chi connectivity index (χ1v) is 8.48. The lowest BCUT2D eigenvalue weighted by Crippen LogP contribution is -2.52. The Hall–Kier alpha value is -2.53. The van der Waals surface area contributed by atoms with Crippen LogP contribution >= 0.6 is 11.3 Å². The van der Waals surface area contributed by atoms with Crippen molar-refractivity contribution in [3.05, 3.63) is 40.9 Å². The number of hydrogen-bond acceptors (Lipinski definition) is 6. The van der Waals surface area contributed by atoms with Crippen LogP contribution in [-0.2, 0) is 15.8 Å². The van der Waals surface area contributed by atoms with E-state index < -0.39 is 29.6 Å². The summed E-state index contributed by atoms with van der Waals surface area (Å²) in [4.78, 5) is 25.9. The maximum Gasteiger partial charge on any atom is 0.416 e. The van der Waals surface area contributed by atoms with Crippen molar-refractivity contribution in [2.45, 2.75) is 12.2 Å². The molecule has 1 aliphatic rings. The van der Waals surface area contributed by atoms with Crippen molar-refractivity contribution in [2.75, 3.05) is 25.0 Å². The van der Waals surface area contributed by atoms with Gasteiger partial charge in [-0.2, -0.15) is 13.2 Å². The second-order valence-corrected chi connectivity index (χ2v) is 6.37. The molecule has 1 aromatic carbocycles. The summed E-state index contributed by atoms with van der Waals surface area (Å²) in [5.41, 5.74) is 0.365. The standard InChI is InChI=1S/C15H14F3N5O2S/c16-15(17,18)10-4-2-1-3-9(10)12-13(25)19-5-6-23(12)7-11(24)21-14-22-20-8-26-14/h1-4,8,12H,5-7H2,(H,19,25)(H,21,22,24). The molecule has 0 radical (unpaired) electrons. The van der Waals surface area contributed by atoms with Gasteiger partial charge in [-0.3, -0.25) is 19.8 Å². The fraction of sp³-hybridized carbons (Fsp3) is 0.333. The maximum atomic E-state index is 13.3. The number of amides is 2. The molecule has 2 amide bonds. The van der Waals surface area contributed by atoms with E-state index >= 15 is 0 Å². The Morgan fingerprint density at radius 2 is 2.15 bits per heavy atom. The second kappa shape index (κ2) is 7.38. The van der Waals surface area contributed by atoms with Crippen molar-refractivity contribution in [3.63, 3.8) is 0 Å². The molecule has 0 saturated carbocycles. The third-order valence-electron chi connectivity index (χ3n) is 3.83. The molecule has 2 N–H and O–H groups in total. The van der Waals surface area contributed by atoms with Crippen LogP contribution in [0.3, 0.4) is 0 Å². The first-order chi connectivity index (χ1) is 12.4. The normalized spacial score (nSPS) is 18.4. The van der Waals surface area contributed by atoms with E-state index in [4.69, 9.17) is 0 Å². The van der Waals surface area contributed by atoms with Crippen LogP contribution in [0, 0.1) is 0 Å². The molecule has 1 unspecified atom stereocenters. The average molecular weight is 385 g/mol. The molecule has 2 aromatic rings. The fourth-order valence-corrected chi connectivity index (χ4v) is 3.25. The number of rotatable bonds is 4. The number of halogens is 3. The van der Waals surface area contributed by atoms with Gasteiger partial charge in [-0.25, -0.2) is 0 Å². The molecule has 1 aliphatic heterocycles. The lowest BCUT2D eigenvalue weighted by Gasteiger charge is -2.35. The topological polar surface area (TPSA) is 87.2 Å². The van der Waals surface area contributed by atoms with Crippen molar-refractivity contribution in [1.82, 2.24) is 20.4 Å². The van der Waals surface area contributed by atoms with Gasteiger partial charge in [-0.1, -0.05) is 29.5 Å². The zero-order valence-corrected chi connectivity index (χ0v) is 14.1. The van der Waals surface area contributed by atoms with E-state index in [1.54, 1.807) is 0 Å². The summed E-state index contributed by atoms with van der Waals surface area (Å²) in [5.74, 6) is -1.05. The third kappa shape index (κ3) is 3.99. The Morgan fingerprint density at radius 1 is 1.38 bits per heavy atom. The van der Waals surface area contributed by atoms with Gasteiger partial charge in [0.2, 0.25) is 16.9 Å². The van der Waals surface area contributed by atoms with Gasteiger partial charge in [0, 0.05) is 13.1 Å². The molecule has 2 heterocycles.